The van der Waals surface area contributed by atoms with Crippen LogP contribution in [-0.4, -0.2) is 25.9 Å². The predicted molar refractivity (Wildman–Crippen MR) is 85.9 cm³/mol. The maximum absolute atomic E-state index is 12.6. The van der Waals surface area contributed by atoms with E-state index in [9.17, 15) is 13.2 Å². The fraction of sp³-hybridized carbons (Fsp3) is 0.250. The van der Waals surface area contributed by atoms with Gasteiger partial charge in [-0.15, -0.1) is 0 Å². The molecule has 0 saturated heterocycles. The molecule has 0 spiro atoms. The summed E-state index contributed by atoms with van der Waals surface area (Å²) in [5, 5.41) is 0. The number of anilines is 2. The highest BCUT2D eigenvalue weighted by Crippen LogP contribution is 2.38. The molecule has 1 N–H and O–H groups in total. The van der Waals surface area contributed by atoms with Crippen LogP contribution in [0.2, 0.25) is 0 Å². The molecule has 2 aliphatic rings. The van der Waals surface area contributed by atoms with Gasteiger partial charge in [0, 0.05) is 12.7 Å². The lowest BCUT2D eigenvalue weighted by Crippen LogP contribution is -2.31. The fourth-order valence-electron chi connectivity index (χ4n) is 3.22. The lowest BCUT2D eigenvalue weighted by atomic mass is 10.0. The van der Waals surface area contributed by atoms with E-state index in [1.807, 2.05) is 0 Å². The van der Waals surface area contributed by atoms with Crippen molar-refractivity contribution >= 4 is 27.4 Å². The van der Waals surface area contributed by atoms with Crippen molar-refractivity contribution in [3.05, 3.63) is 47.7 Å². The van der Waals surface area contributed by atoms with Gasteiger partial charge in [0.05, 0.1) is 17.0 Å². The van der Waals surface area contributed by atoms with Crippen molar-refractivity contribution in [1.29, 1.82) is 0 Å². The Morgan fingerprint density at radius 3 is 2.78 bits per heavy atom. The molecule has 1 aromatic heterocycles. The second kappa shape index (κ2) is 5.06. The number of nitrogens with one attached hydrogen (secondary N) is 1. The van der Waals surface area contributed by atoms with Gasteiger partial charge in [0.2, 0.25) is 5.91 Å². The van der Waals surface area contributed by atoms with E-state index < -0.39 is 10.0 Å². The van der Waals surface area contributed by atoms with Gasteiger partial charge in [-0.2, -0.15) is 0 Å². The average Bonchev–Trinajstić information content (AvgIpc) is 2.86. The van der Waals surface area contributed by atoms with E-state index in [2.05, 4.69) is 9.71 Å². The zero-order chi connectivity index (χ0) is 16.0. The van der Waals surface area contributed by atoms with E-state index in [4.69, 9.17) is 0 Å². The highest BCUT2D eigenvalue weighted by Gasteiger charge is 2.33. The average molecular weight is 329 g/mol. The van der Waals surface area contributed by atoms with Crippen LogP contribution in [0.4, 0.5) is 11.5 Å². The van der Waals surface area contributed by atoms with E-state index in [1.54, 1.807) is 35.2 Å². The summed E-state index contributed by atoms with van der Waals surface area (Å²) < 4.78 is 27.7. The maximum Gasteiger partial charge on any atom is 0.263 e. The quantitative estimate of drug-likeness (QED) is 0.930. The Labute approximate surface area is 134 Å². The molecule has 2 aliphatic heterocycles. The molecule has 1 amide bonds. The van der Waals surface area contributed by atoms with Crippen LogP contribution in [0.3, 0.4) is 0 Å². The van der Waals surface area contributed by atoms with Crippen molar-refractivity contribution in [2.45, 2.75) is 24.2 Å². The molecule has 0 unspecified atom stereocenters. The van der Waals surface area contributed by atoms with Gasteiger partial charge in [-0.05, 0) is 48.2 Å². The Morgan fingerprint density at radius 1 is 1.17 bits per heavy atom. The summed E-state index contributed by atoms with van der Waals surface area (Å²) in [4.78, 5) is 18.0. The first kappa shape index (κ1) is 14.2. The van der Waals surface area contributed by atoms with Crippen LogP contribution in [0.5, 0.6) is 0 Å². The van der Waals surface area contributed by atoms with E-state index in [0.29, 0.717) is 0 Å². The predicted octanol–water partition coefficient (Wildman–Crippen LogP) is 1.72. The van der Waals surface area contributed by atoms with E-state index in [0.717, 1.165) is 36.2 Å². The molecule has 0 saturated carbocycles. The summed E-state index contributed by atoms with van der Waals surface area (Å²) in [5.41, 5.74) is 2.65. The summed E-state index contributed by atoms with van der Waals surface area (Å²) in [5.74, 6) is 0.326. The van der Waals surface area contributed by atoms with Crippen LogP contribution in [0, 0.1) is 0 Å². The molecule has 1 aromatic carbocycles. The summed E-state index contributed by atoms with van der Waals surface area (Å²) in [7, 11) is -3.72. The highest BCUT2D eigenvalue weighted by atomic mass is 32.2. The van der Waals surface area contributed by atoms with Crippen molar-refractivity contribution in [3.63, 3.8) is 0 Å². The molecule has 3 heterocycles. The number of aryl methyl sites for hydroxylation is 1. The minimum absolute atomic E-state index is 0.0492. The second-order valence-electron chi connectivity index (χ2n) is 5.74. The first-order chi connectivity index (χ1) is 11.0. The third-order valence-electron chi connectivity index (χ3n) is 4.20. The zero-order valence-corrected chi connectivity index (χ0v) is 13.1. The maximum atomic E-state index is 12.6. The topological polar surface area (TPSA) is 79.4 Å². The number of sulfonamides is 1. The van der Waals surface area contributed by atoms with Crippen molar-refractivity contribution in [2.75, 3.05) is 16.2 Å². The summed E-state index contributed by atoms with van der Waals surface area (Å²) in [6.45, 7) is 0.719. The molecule has 2 aromatic rings. The first-order valence-corrected chi connectivity index (χ1v) is 8.93. The minimum atomic E-state index is -3.72. The standard InChI is InChI=1S/C16H15N3O3S/c20-15-10-12-9-13(8-11-4-3-7-19(15)16(11)12)23(21,22)18-14-5-1-2-6-17-14/h1-2,5-6,8-9H,3-4,7,10H2,(H,17,18). The monoisotopic (exact) mass is 329 g/mol. The van der Waals surface area contributed by atoms with Gasteiger partial charge in [0.1, 0.15) is 5.82 Å². The fourth-order valence-corrected chi connectivity index (χ4v) is 4.33. The number of carbonyl (C=O) groups is 1. The molecular weight excluding hydrogens is 314 g/mol. The molecule has 118 valence electrons. The van der Waals surface area contributed by atoms with E-state index >= 15 is 0 Å². The van der Waals surface area contributed by atoms with Crippen LogP contribution in [0.25, 0.3) is 0 Å². The third kappa shape index (κ3) is 2.37. The van der Waals surface area contributed by atoms with Crippen LogP contribution in [-0.2, 0) is 27.7 Å². The molecule has 4 rings (SSSR count). The normalized spacial score (nSPS) is 16.3. The van der Waals surface area contributed by atoms with Crippen molar-refractivity contribution in [2.24, 2.45) is 0 Å². The lowest BCUT2D eigenvalue weighted by molar-refractivity contribution is -0.117. The van der Waals surface area contributed by atoms with Crippen molar-refractivity contribution < 1.29 is 13.2 Å². The third-order valence-corrected chi connectivity index (χ3v) is 5.53. The smallest absolute Gasteiger partial charge is 0.263 e. The Balaban J connectivity index is 1.76. The Bertz CT molecular complexity index is 894. The van der Waals surface area contributed by atoms with Crippen LogP contribution in [0.15, 0.2) is 41.4 Å². The number of hydrogen-bond acceptors (Lipinski definition) is 4. The van der Waals surface area contributed by atoms with Gasteiger partial charge < -0.3 is 4.90 Å². The molecule has 7 heteroatoms. The molecule has 6 nitrogen and oxygen atoms in total. The van der Waals surface area contributed by atoms with Gasteiger partial charge in [-0.25, -0.2) is 13.4 Å². The van der Waals surface area contributed by atoms with Gasteiger partial charge in [0.25, 0.3) is 10.0 Å². The number of amides is 1. The molecule has 23 heavy (non-hydrogen) atoms. The van der Waals surface area contributed by atoms with Crippen molar-refractivity contribution in [1.82, 2.24) is 4.98 Å². The number of benzene rings is 1. The second-order valence-corrected chi connectivity index (χ2v) is 7.42. The molecule has 0 aliphatic carbocycles. The largest absolute Gasteiger partial charge is 0.312 e. The van der Waals surface area contributed by atoms with Gasteiger partial charge >= 0.3 is 0 Å². The minimum Gasteiger partial charge on any atom is -0.312 e. The molecule has 0 bridgehead atoms. The number of nitrogens with zero attached hydrogens (tertiary/aromatic N) is 2. The molecule has 0 radical (unpaired) electrons. The Hall–Kier alpha value is -2.41. The number of pyridine rings is 1. The lowest BCUT2D eigenvalue weighted by Gasteiger charge is -2.26. The summed E-state index contributed by atoms with van der Waals surface area (Å²) in [6.07, 6.45) is 3.45. The number of aromatic nitrogens is 1. The van der Waals surface area contributed by atoms with Gasteiger partial charge in [0.15, 0.2) is 0 Å². The van der Waals surface area contributed by atoms with Crippen LogP contribution < -0.4 is 9.62 Å². The highest BCUT2D eigenvalue weighted by molar-refractivity contribution is 7.92. The number of hydrogen-bond donors (Lipinski definition) is 1. The van der Waals surface area contributed by atoms with E-state index in [-0.39, 0.29) is 23.0 Å². The van der Waals surface area contributed by atoms with E-state index in [1.165, 1.54) is 6.20 Å². The summed E-state index contributed by atoms with van der Waals surface area (Å²) in [6, 6.07) is 8.31. The van der Waals surface area contributed by atoms with Gasteiger partial charge in [-0.1, -0.05) is 6.07 Å². The molecule has 0 fully saturated rings. The van der Waals surface area contributed by atoms with Crippen LogP contribution >= 0.6 is 0 Å². The van der Waals surface area contributed by atoms with Gasteiger partial charge in [-0.3, -0.25) is 9.52 Å². The number of carbonyl (C=O) groups excluding carboxylic acids is 1. The van der Waals surface area contributed by atoms with Crippen molar-refractivity contribution in [3.8, 4) is 0 Å². The zero-order valence-electron chi connectivity index (χ0n) is 12.3. The summed E-state index contributed by atoms with van der Waals surface area (Å²) >= 11 is 0. The molecule has 0 atom stereocenters. The first-order valence-electron chi connectivity index (χ1n) is 7.44. The Morgan fingerprint density at radius 2 is 2.00 bits per heavy atom. The number of rotatable bonds is 3. The van der Waals surface area contributed by atoms with Crippen LogP contribution in [0.1, 0.15) is 17.5 Å². The Kier molecular flexibility index (Phi) is 3.12. The SMILES string of the molecule is O=C1Cc2cc(S(=O)(=O)Nc3ccccn3)cc3c2N1CCC3. The molecular formula is C16H15N3O3S.